The van der Waals surface area contributed by atoms with Crippen LogP contribution in [0.15, 0.2) is 72.0 Å². The van der Waals surface area contributed by atoms with Crippen molar-refractivity contribution in [3.8, 4) is 11.4 Å². The lowest BCUT2D eigenvalue weighted by Gasteiger charge is -2.37. The van der Waals surface area contributed by atoms with Crippen molar-refractivity contribution in [1.82, 2.24) is 29.3 Å². The average molecular weight is 561 g/mol. The van der Waals surface area contributed by atoms with E-state index in [-0.39, 0.29) is 24.1 Å². The molecule has 4 aromatic rings. The molecule has 2 fully saturated rings. The van der Waals surface area contributed by atoms with Crippen LogP contribution in [-0.2, 0) is 16.0 Å². The summed E-state index contributed by atoms with van der Waals surface area (Å²) < 4.78 is 20.7. The molecule has 2 saturated heterocycles. The summed E-state index contributed by atoms with van der Waals surface area (Å²) in [6.45, 7) is 9.10. The third kappa shape index (κ3) is 6.13. The predicted molar refractivity (Wildman–Crippen MR) is 154 cm³/mol. The molecule has 0 radical (unpaired) electrons. The molecule has 0 N–H and O–H groups in total. The Morgan fingerprint density at radius 3 is 2.15 bits per heavy atom. The van der Waals surface area contributed by atoms with Gasteiger partial charge in [-0.25, -0.2) is 14.0 Å². The Kier molecular flexibility index (Phi) is 8.01. The van der Waals surface area contributed by atoms with Crippen molar-refractivity contribution < 1.29 is 14.2 Å². The van der Waals surface area contributed by atoms with Crippen molar-refractivity contribution in [2.75, 3.05) is 49.2 Å². The Bertz CT molecular complexity index is 1440. The highest BCUT2D eigenvalue weighted by Gasteiger charge is 2.27. The Hall–Kier alpha value is -4.16. The quantitative estimate of drug-likeness (QED) is 0.290. The van der Waals surface area contributed by atoms with E-state index in [2.05, 4.69) is 56.3 Å². The lowest BCUT2D eigenvalue weighted by molar-refractivity contribution is -0.0765. The maximum atomic E-state index is 12.7. The van der Waals surface area contributed by atoms with Crippen LogP contribution in [0.5, 0.6) is 5.75 Å². The zero-order valence-corrected chi connectivity index (χ0v) is 23.5. The summed E-state index contributed by atoms with van der Waals surface area (Å²) in [6, 6.07) is 16.5. The smallest absolute Gasteiger partial charge is 0.350 e. The Balaban J connectivity index is 0.970. The van der Waals surface area contributed by atoms with Crippen molar-refractivity contribution in [2.45, 2.75) is 45.2 Å². The molecule has 2 aliphatic rings. The molecule has 2 aromatic heterocycles. The zero-order valence-electron chi connectivity index (χ0n) is 23.5. The topological polar surface area (TPSA) is 105 Å². The van der Waals surface area contributed by atoms with Gasteiger partial charge in [0.25, 0.3) is 0 Å². The molecule has 0 spiro atoms. The van der Waals surface area contributed by atoms with Crippen molar-refractivity contribution in [3.63, 3.8) is 0 Å². The van der Waals surface area contributed by atoms with Gasteiger partial charge < -0.3 is 24.0 Å². The molecule has 12 nitrogen and oxygen atoms in total. The summed E-state index contributed by atoms with van der Waals surface area (Å²) in [6.07, 6.45) is 5.25. The number of hydrogen-bond acceptors (Lipinski definition) is 9. The van der Waals surface area contributed by atoms with E-state index in [9.17, 15) is 4.79 Å². The molecular weight excluding hydrogens is 524 g/mol. The van der Waals surface area contributed by atoms with Crippen molar-refractivity contribution in [3.05, 3.63) is 77.7 Å². The average Bonchev–Trinajstić information content (AvgIpc) is 3.79. The first kappa shape index (κ1) is 27.0. The second-order valence-electron chi connectivity index (χ2n) is 10.4. The van der Waals surface area contributed by atoms with Gasteiger partial charge in [0.15, 0.2) is 6.29 Å². The van der Waals surface area contributed by atoms with Crippen LogP contribution in [0.1, 0.15) is 26.3 Å². The van der Waals surface area contributed by atoms with E-state index in [0.717, 1.165) is 49.7 Å². The number of anilines is 2. The first-order chi connectivity index (χ1) is 20.1. The molecule has 12 heteroatoms. The Labute approximate surface area is 238 Å². The van der Waals surface area contributed by atoms with Crippen LogP contribution in [0.3, 0.4) is 0 Å². The SMILES string of the molecule is CCC(C)n1ncn(-c2ccc(N3CCN(c4ccc(OCC5COC(Cn6nccn6)O5)cc4)CC3)cc2)c1=O. The molecule has 2 aromatic carbocycles. The van der Waals surface area contributed by atoms with Gasteiger partial charge in [-0.15, -0.1) is 0 Å². The van der Waals surface area contributed by atoms with Gasteiger partial charge in [0.2, 0.25) is 0 Å². The summed E-state index contributed by atoms with van der Waals surface area (Å²) in [5, 5.41) is 12.5. The predicted octanol–water partition coefficient (Wildman–Crippen LogP) is 2.74. The number of nitrogens with zero attached hydrogens (tertiary/aromatic N) is 8. The standard InChI is InChI=1S/C29H36N8O4/c1-3-22(2)37-29(38)35(21-32-37)25-6-4-23(5-7-25)33-14-16-34(17-15-33)24-8-10-26(11-9-24)39-19-27-20-40-28(41-27)18-36-30-12-13-31-36/h4-13,21-22,27-28H,3,14-20H2,1-2H3. The summed E-state index contributed by atoms with van der Waals surface area (Å²) in [5.41, 5.74) is 3.05. The van der Waals surface area contributed by atoms with E-state index in [4.69, 9.17) is 14.2 Å². The number of hydrogen-bond donors (Lipinski definition) is 0. The monoisotopic (exact) mass is 560 g/mol. The summed E-state index contributed by atoms with van der Waals surface area (Å²) in [7, 11) is 0. The molecular formula is C29H36N8O4. The number of ether oxygens (including phenoxy) is 3. The maximum absolute atomic E-state index is 12.7. The van der Waals surface area contributed by atoms with E-state index in [1.165, 1.54) is 5.69 Å². The van der Waals surface area contributed by atoms with E-state index in [1.54, 1.807) is 32.8 Å². The molecule has 2 aliphatic heterocycles. The zero-order chi connectivity index (χ0) is 28.2. The molecule has 0 aliphatic carbocycles. The molecule has 216 valence electrons. The van der Waals surface area contributed by atoms with E-state index in [1.807, 2.05) is 31.2 Å². The van der Waals surface area contributed by atoms with Crippen molar-refractivity contribution in [2.24, 2.45) is 0 Å². The number of piperazine rings is 1. The fraction of sp³-hybridized carbons (Fsp3) is 0.448. The van der Waals surface area contributed by atoms with Gasteiger partial charge in [0, 0.05) is 37.6 Å². The van der Waals surface area contributed by atoms with Crippen LogP contribution < -0.4 is 20.2 Å². The van der Waals surface area contributed by atoms with Crippen LogP contribution in [-0.4, -0.2) is 81.1 Å². The van der Waals surface area contributed by atoms with Gasteiger partial charge >= 0.3 is 5.69 Å². The van der Waals surface area contributed by atoms with Gasteiger partial charge in [-0.3, -0.25) is 0 Å². The van der Waals surface area contributed by atoms with E-state index >= 15 is 0 Å². The molecule has 6 rings (SSSR count). The Morgan fingerprint density at radius 2 is 1.51 bits per heavy atom. The molecule has 3 unspecified atom stereocenters. The normalized spacial score (nSPS) is 20.0. The first-order valence-electron chi connectivity index (χ1n) is 14.2. The van der Waals surface area contributed by atoms with Crippen molar-refractivity contribution >= 4 is 11.4 Å². The second kappa shape index (κ2) is 12.1. The third-order valence-corrected chi connectivity index (χ3v) is 7.70. The molecule has 4 heterocycles. The van der Waals surface area contributed by atoms with Crippen LogP contribution in [0, 0.1) is 0 Å². The first-order valence-corrected chi connectivity index (χ1v) is 14.2. The molecule has 0 amide bonds. The second-order valence-corrected chi connectivity index (χ2v) is 10.4. The molecule has 0 saturated carbocycles. The van der Waals surface area contributed by atoms with Crippen LogP contribution in [0.2, 0.25) is 0 Å². The van der Waals surface area contributed by atoms with Gasteiger partial charge in [-0.1, -0.05) is 6.92 Å². The highest BCUT2D eigenvalue weighted by molar-refractivity contribution is 5.54. The number of benzene rings is 2. The van der Waals surface area contributed by atoms with Crippen LogP contribution in [0.25, 0.3) is 5.69 Å². The minimum Gasteiger partial charge on any atom is -0.491 e. The van der Waals surface area contributed by atoms with Crippen LogP contribution >= 0.6 is 0 Å². The minimum atomic E-state index is -0.362. The third-order valence-electron chi connectivity index (χ3n) is 7.70. The van der Waals surface area contributed by atoms with Crippen molar-refractivity contribution in [1.29, 1.82) is 0 Å². The van der Waals surface area contributed by atoms with Crippen LogP contribution in [0.4, 0.5) is 11.4 Å². The summed E-state index contributed by atoms with van der Waals surface area (Å²) >= 11 is 0. The number of aromatic nitrogens is 6. The van der Waals surface area contributed by atoms with E-state index < -0.39 is 0 Å². The number of rotatable bonds is 10. The fourth-order valence-electron chi connectivity index (χ4n) is 5.12. The Morgan fingerprint density at radius 1 is 0.902 bits per heavy atom. The maximum Gasteiger partial charge on any atom is 0.350 e. The fourth-order valence-corrected chi connectivity index (χ4v) is 5.12. The lowest BCUT2D eigenvalue weighted by atomic mass is 10.2. The summed E-state index contributed by atoms with van der Waals surface area (Å²) in [5.74, 6) is 0.807. The minimum absolute atomic E-state index is 0.0785. The van der Waals surface area contributed by atoms with E-state index in [0.29, 0.717) is 19.8 Å². The summed E-state index contributed by atoms with van der Waals surface area (Å²) in [4.78, 5) is 19.0. The van der Waals surface area contributed by atoms with Gasteiger partial charge in [-0.2, -0.15) is 20.1 Å². The van der Waals surface area contributed by atoms with Gasteiger partial charge in [-0.05, 0) is 61.9 Å². The lowest BCUT2D eigenvalue weighted by Crippen LogP contribution is -2.46. The molecule has 0 bridgehead atoms. The van der Waals surface area contributed by atoms with Gasteiger partial charge in [0.1, 0.15) is 31.3 Å². The molecule has 3 atom stereocenters. The molecule has 41 heavy (non-hydrogen) atoms. The largest absolute Gasteiger partial charge is 0.491 e. The highest BCUT2D eigenvalue weighted by atomic mass is 16.7. The van der Waals surface area contributed by atoms with Gasteiger partial charge in [0.05, 0.1) is 30.7 Å². The highest BCUT2D eigenvalue weighted by Crippen LogP contribution is 2.24.